The Balaban J connectivity index is 1.74. The fourth-order valence-corrected chi connectivity index (χ4v) is 2.04. The van der Waals surface area contributed by atoms with Crippen LogP contribution in [0.25, 0.3) is 0 Å². The molecule has 1 aliphatic carbocycles. The summed E-state index contributed by atoms with van der Waals surface area (Å²) >= 11 is 0. The van der Waals surface area contributed by atoms with Crippen molar-refractivity contribution in [2.75, 3.05) is 7.05 Å². The zero-order chi connectivity index (χ0) is 13.1. The number of hydrogen-bond acceptors (Lipinski definition) is 4. The molecule has 1 fully saturated rings. The summed E-state index contributed by atoms with van der Waals surface area (Å²) < 4.78 is 1.60. The molecule has 7 heteroatoms. The van der Waals surface area contributed by atoms with Gasteiger partial charge in [0.15, 0.2) is 0 Å². The molecule has 2 rings (SSSR count). The van der Waals surface area contributed by atoms with Gasteiger partial charge in [0.2, 0.25) is 5.91 Å². The van der Waals surface area contributed by atoms with E-state index in [0.717, 1.165) is 0 Å². The van der Waals surface area contributed by atoms with E-state index in [9.17, 15) is 9.59 Å². The van der Waals surface area contributed by atoms with Gasteiger partial charge in [0.1, 0.15) is 12.7 Å². The van der Waals surface area contributed by atoms with E-state index in [-0.39, 0.29) is 17.9 Å². The predicted octanol–water partition coefficient (Wildman–Crippen LogP) is -0.0102. The lowest BCUT2D eigenvalue weighted by Gasteiger charge is -2.39. The summed E-state index contributed by atoms with van der Waals surface area (Å²) in [6.45, 7) is 0.498. The van der Waals surface area contributed by atoms with Gasteiger partial charge in [-0.25, -0.2) is 4.98 Å². The molecule has 0 bridgehead atoms. The van der Waals surface area contributed by atoms with Crippen LogP contribution in [0.1, 0.15) is 19.3 Å². The molecular formula is C11H16N4O3. The highest BCUT2D eigenvalue weighted by atomic mass is 16.4. The van der Waals surface area contributed by atoms with Crippen LogP contribution in [-0.4, -0.2) is 49.7 Å². The summed E-state index contributed by atoms with van der Waals surface area (Å²) in [6, 6.07) is 0.0642. The number of carbonyl (C=O) groups is 2. The van der Waals surface area contributed by atoms with Crippen LogP contribution in [-0.2, 0) is 16.1 Å². The van der Waals surface area contributed by atoms with Crippen molar-refractivity contribution < 1.29 is 14.7 Å². The number of aliphatic carboxylic acids is 1. The molecule has 1 amide bonds. The Morgan fingerprint density at radius 1 is 1.50 bits per heavy atom. The third kappa shape index (κ3) is 2.66. The van der Waals surface area contributed by atoms with Crippen molar-refractivity contribution in [2.45, 2.75) is 31.8 Å². The number of rotatable bonds is 5. The molecule has 0 spiro atoms. The molecular weight excluding hydrogens is 236 g/mol. The second-order valence-corrected chi connectivity index (χ2v) is 4.57. The second-order valence-electron chi connectivity index (χ2n) is 4.57. The van der Waals surface area contributed by atoms with E-state index in [1.165, 1.54) is 6.33 Å². The number of nitrogens with zero attached hydrogens (tertiary/aromatic N) is 4. The highest BCUT2D eigenvalue weighted by Gasteiger charge is 2.38. The lowest BCUT2D eigenvalue weighted by atomic mass is 9.79. The summed E-state index contributed by atoms with van der Waals surface area (Å²) in [4.78, 5) is 28.0. The van der Waals surface area contributed by atoms with Gasteiger partial charge in [-0.15, -0.1) is 0 Å². The molecule has 7 nitrogen and oxygen atoms in total. The van der Waals surface area contributed by atoms with Crippen LogP contribution in [0.15, 0.2) is 12.7 Å². The Kier molecular flexibility index (Phi) is 3.59. The molecule has 0 atom stereocenters. The van der Waals surface area contributed by atoms with Crippen LogP contribution in [0.4, 0.5) is 0 Å². The highest BCUT2D eigenvalue weighted by molar-refractivity contribution is 5.77. The van der Waals surface area contributed by atoms with E-state index in [1.807, 2.05) is 0 Å². The van der Waals surface area contributed by atoms with E-state index >= 15 is 0 Å². The molecule has 1 heterocycles. The van der Waals surface area contributed by atoms with Crippen molar-refractivity contribution in [1.82, 2.24) is 19.7 Å². The zero-order valence-corrected chi connectivity index (χ0v) is 10.2. The summed E-state index contributed by atoms with van der Waals surface area (Å²) in [5.41, 5.74) is 0. The Bertz CT molecular complexity index is 426. The van der Waals surface area contributed by atoms with Crippen molar-refractivity contribution >= 4 is 11.9 Å². The minimum Gasteiger partial charge on any atom is -0.481 e. The maximum atomic E-state index is 11.9. The maximum Gasteiger partial charge on any atom is 0.306 e. The van der Waals surface area contributed by atoms with E-state index in [2.05, 4.69) is 10.1 Å². The Labute approximate surface area is 104 Å². The lowest BCUT2D eigenvalue weighted by molar-refractivity contribution is -0.150. The van der Waals surface area contributed by atoms with Crippen molar-refractivity contribution in [3.8, 4) is 0 Å². The number of carbonyl (C=O) groups excluding carboxylic acids is 1. The molecule has 18 heavy (non-hydrogen) atoms. The lowest BCUT2D eigenvalue weighted by Crippen LogP contribution is -2.47. The van der Waals surface area contributed by atoms with E-state index in [1.54, 1.807) is 23.0 Å². The topological polar surface area (TPSA) is 88.3 Å². The largest absolute Gasteiger partial charge is 0.481 e. The monoisotopic (exact) mass is 252 g/mol. The fraction of sp³-hybridized carbons (Fsp3) is 0.636. The predicted molar refractivity (Wildman–Crippen MR) is 61.6 cm³/mol. The number of amides is 1. The third-order valence-electron chi connectivity index (χ3n) is 3.42. The van der Waals surface area contributed by atoms with Gasteiger partial charge in [-0.1, -0.05) is 0 Å². The minimum atomic E-state index is -0.769. The zero-order valence-electron chi connectivity index (χ0n) is 10.2. The SMILES string of the molecule is CN(C(=O)CCn1cncn1)C1CC(C(=O)O)C1. The van der Waals surface area contributed by atoms with E-state index in [4.69, 9.17) is 5.11 Å². The molecule has 1 aromatic rings. The fourth-order valence-electron chi connectivity index (χ4n) is 2.04. The number of aromatic nitrogens is 3. The van der Waals surface area contributed by atoms with Gasteiger partial charge in [0, 0.05) is 19.5 Å². The molecule has 0 unspecified atom stereocenters. The summed E-state index contributed by atoms with van der Waals surface area (Å²) in [7, 11) is 1.73. The van der Waals surface area contributed by atoms with E-state index in [0.29, 0.717) is 25.8 Å². The second kappa shape index (κ2) is 5.16. The molecule has 0 aliphatic heterocycles. The van der Waals surface area contributed by atoms with Gasteiger partial charge in [-0.3, -0.25) is 14.3 Å². The molecule has 0 saturated heterocycles. The normalized spacial score (nSPS) is 22.3. The van der Waals surface area contributed by atoms with Gasteiger partial charge in [0.05, 0.1) is 12.5 Å². The third-order valence-corrected chi connectivity index (χ3v) is 3.42. The van der Waals surface area contributed by atoms with Crippen molar-refractivity contribution in [3.63, 3.8) is 0 Å². The van der Waals surface area contributed by atoms with Crippen LogP contribution >= 0.6 is 0 Å². The Hall–Kier alpha value is -1.92. The van der Waals surface area contributed by atoms with Crippen molar-refractivity contribution in [3.05, 3.63) is 12.7 Å². The average molecular weight is 252 g/mol. The molecule has 1 aromatic heterocycles. The maximum absolute atomic E-state index is 11.9. The first-order chi connectivity index (χ1) is 8.58. The molecule has 98 valence electrons. The van der Waals surface area contributed by atoms with Crippen LogP contribution in [0, 0.1) is 5.92 Å². The standard InChI is InChI=1S/C11H16N4O3/c1-14(9-4-8(5-9)11(17)18)10(16)2-3-15-7-12-6-13-15/h6-9H,2-5H2,1H3,(H,17,18). The number of carboxylic acid groups (broad SMARTS) is 1. The smallest absolute Gasteiger partial charge is 0.306 e. The Morgan fingerprint density at radius 3 is 2.78 bits per heavy atom. The Morgan fingerprint density at radius 2 is 2.22 bits per heavy atom. The van der Waals surface area contributed by atoms with Crippen LogP contribution < -0.4 is 0 Å². The summed E-state index contributed by atoms with van der Waals surface area (Å²) in [5, 5.41) is 12.7. The first kappa shape index (κ1) is 12.5. The summed E-state index contributed by atoms with van der Waals surface area (Å²) in [6.07, 6.45) is 4.46. The van der Waals surface area contributed by atoms with Crippen molar-refractivity contribution in [2.24, 2.45) is 5.92 Å². The molecule has 0 aromatic carbocycles. The quantitative estimate of drug-likeness (QED) is 0.796. The van der Waals surface area contributed by atoms with Gasteiger partial charge in [-0.05, 0) is 12.8 Å². The molecule has 1 aliphatic rings. The van der Waals surface area contributed by atoms with E-state index < -0.39 is 5.97 Å². The van der Waals surface area contributed by atoms with Crippen molar-refractivity contribution in [1.29, 1.82) is 0 Å². The van der Waals surface area contributed by atoms with Gasteiger partial charge < -0.3 is 10.0 Å². The average Bonchev–Trinajstić information content (AvgIpc) is 2.75. The first-order valence-corrected chi connectivity index (χ1v) is 5.89. The number of carboxylic acids is 1. The van der Waals surface area contributed by atoms with Gasteiger partial charge >= 0.3 is 5.97 Å². The number of aryl methyl sites for hydroxylation is 1. The van der Waals surface area contributed by atoms with Gasteiger partial charge in [0.25, 0.3) is 0 Å². The highest BCUT2D eigenvalue weighted by Crippen LogP contribution is 2.31. The minimum absolute atomic E-state index is 0.0133. The molecule has 0 radical (unpaired) electrons. The van der Waals surface area contributed by atoms with Crippen LogP contribution in [0.2, 0.25) is 0 Å². The van der Waals surface area contributed by atoms with Crippen LogP contribution in [0.3, 0.4) is 0 Å². The van der Waals surface area contributed by atoms with Crippen LogP contribution in [0.5, 0.6) is 0 Å². The molecule has 1 N–H and O–H groups in total. The molecule has 1 saturated carbocycles. The summed E-state index contributed by atoms with van der Waals surface area (Å²) in [5.74, 6) is -1.05. The van der Waals surface area contributed by atoms with Gasteiger partial charge in [-0.2, -0.15) is 5.10 Å². The number of hydrogen-bond donors (Lipinski definition) is 1. The first-order valence-electron chi connectivity index (χ1n) is 5.89.